The van der Waals surface area contributed by atoms with E-state index in [1.807, 2.05) is 19.1 Å². The first-order valence-electron chi connectivity index (χ1n) is 7.07. The third kappa shape index (κ3) is 2.98. The highest BCUT2D eigenvalue weighted by Gasteiger charge is 2.23. The van der Waals surface area contributed by atoms with E-state index in [0.717, 1.165) is 16.9 Å². The molecule has 0 amide bonds. The lowest BCUT2D eigenvalue weighted by atomic mass is 10.1. The van der Waals surface area contributed by atoms with Gasteiger partial charge in [-0.25, -0.2) is 0 Å². The number of thiazole rings is 1. The van der Waals surface area contributed by atoms with Crippen LogP contribution in [0.4, 0.5) is 11.6 Å². The molecule has 2 heterocycles. The van der Waals surface area contributed by atoms with Gasteiger partial charge in [-0.05, 0) is 29.9 Å². The van der Waals surface area contributed by atoms with Crippen molar-refractivity contribution in [2.24, 2.45) is 0 Å². The Hall–Kier alpha value is -2.61. The molecule has 1 aromatic carbocycles. The highest BCUT2D eigenvalue weighted by Crippen LogP contribution is 2.28. The molecule has 0 fully saturated rings. The Bertz CT molecular complexity index is 856. The Morgan fingerprint density at radius 2 is 2.30 bits per heavy atom. The second kappa shape index (κ2) is 6.25. The van der Waals surface area contributed by atoms with Crippen LogP contribution in [0.15, 0.2) is 29.8 Å². The number of nitrogens with zero attached hydrogens (tertiary/aromatic N) is 3. The van der Waals surface area contributed by atoms with Gasteiger partial charge >= 0.3 is 5.82 Å². The molecule has 0 unspecified atom stereocenters. The van der Waals surface area contributed by atoms with Crippen LogP contribution in [0, 0.1) is 17.0 Å². The first-order valence-corrected chi connectivity index (χ1v) is 7.95. The summed E-state index contributed by atoms with van der Waals surface area (Å²) in [5.41, 5.74) is 2.21. The van der Waals surface area contributed by atoms with Crippen molar-refractivity contribution >= 4 is 27.9 Å². The molecule has 3 aromatic rings. The minimum Gasteiger partial charge on any atom is -0.496 e. The average molecular weight is 332 g/mol. The van der Waals surface area contributed by atoms with Crippen LogP contribution in [0.1, 0.15) is 11.1 Å². The van der Waals surface area contributed by atoms with Gasteiger partial charge in [0.1, 0.15) is 11.9 Å². The highest BCUT2D eigenvalue weighted by molar-refractivity contribution is 7.15. The molecule has 8 heteroatoms. The number of hydrogen-bond donors (Lipinski definition) is 1. The molecule has 0 saturated heterocycles. The molecule has 120 valence electrons. The molecule has 0 aliphatic rings. The number of aromatic nitrogens is 2. The number of imidazole rings is 1. The summed E-state index contributed by atoms with van der Waals surface area (Å²) in [6.07, 6.45) is 2.34. The molecule has 0 atom stereocenters. The first-order chi connectivity index (χ1) is 11.1. The van der Waals surface area contributed by atoms with Gasteiger partial charge in [-0.2, -0.15) is 9.38 Å². The summed E-state index contributed by atoms with van der Waals surface area (Å²) in [5, 5.41) is 16.1. The van der Waals surface area contributed by atoms with Crippen LogP contribution < -0.4 is 10.1 Å². The fourth-order valence-corrected chi connectivity index (χ4v) is 3.19. The van der Waals surface area contributed by atoms with E-state index in [-0.39, 0.29) is 5.82 Å². The maximum atomic E-state index is 11.3. The molecule has 0 saturated carbocycles. The van der Waals surface area contributed by atoms with Gasteiger partial charge in [0.15, 0.2) is 0 Å². The molecule has 7 nitrogen and oxygen atoms in total. The van der Waals surface area contributed by atoms with Crippen molar-refractivity contribution in [2.75, 3.05) is 19.0 Å². The largest absolute Gasteiger partial charge is 0.496 e. The normalized spacial score (nSPS) is 10.9. The topological polar surface area (TPSA) is 81.7 Å². The van der Waals surface area contributed by atoms with Crippen molar-refractivity contribution in [3.63, 3.8) is 0 Å². The van der Waals surface area contributed by atoms with Crippen molar-refractivity contribution in [3.05, 3.63) is 51.0 Å². The zero-order chi connectivity index (χ0) is 16.4. The minimum absolute atomic E-state index is 0.0301. The summed E-state index contributed by atoms with van der Waals surface area (Å²) in [5.74, 6) is 1.09. The lowest BCUT2D eigenvalue weighted by molar-refractivity contribution is -0.389. The molecular weight excluding hydrogens is 316 g/mol. The predicted molar refractivity (Wildman–Crippen MR) is 89.6 cm³/mol. The molecule has 0 aliphatic carbocycles. The molecule has 0 aliphatic heterocycles. The van der Waals surface area contributed by atoms with Crippen LogP contribution in [0.3, 0.4) is 0 Å². The zero-order valence-electron chi connectivity index (χ0n) is 12.8. The predicted octanol–water partition coefficient (Wildman–Crippen LogP) is 3.28. The van der Waals surface area contributed by atoms with E-state index >= 15 is 0 Å². The quantitative estimate of drug-likeness (QED) is 0.553. The number of anilines is 1. The van der Waals surface area contributed by atoms with Crippen LogP contribution in [-0.2, 0) is 6.42 Å². The molecule has 0 spiro atoms. The number of methoxy groups -OCH3 is 1. The summed E-state index contributed by atoms with van der Waals surface area (Å²) in [6.45, 7) is 2.55. The van der Waals surface area contributed by atoms with Gasteiger partial charge in [0.2, 0.25) is 5.82 Å². The second-order valence-corrected chi connectivity index (χ2v) is 5.96. The summed E-state index contributed by atoms with van der Waals surface area (Å²) < 4.78 is 6.83. The number of fused-ring (bicyclic) bond motifs is 1. The summed E-state index contributed by atoms with van der Waals surface area (Å²) in [4.78, 5) is 15.7. The van der Waals surface area contributed by atoms with E-state index < -0.39 is 4.92 Å². The Morgan fingerprint density at radius 1 is 1.48 bits per heavy atom. The number of nitro groups is 1. The lowest BCUT2D eigenvalue weighted by Gasteiger charge is -2.10. The van der Waals surface area contributed by atoms with Gasteiger partial charge in [-0.1, -0.05) is 29.0 Å². The fraction of sp³-hybridized carbons (Fsp3) is 0.267. The zero-order valence-corrected chi connectivity index (χ0v) is 13.6. The van der Waals surface area contributed by atoms with Gasteiger partial charge in [0.25, 0.3) is 4.96 Å². The summed E-state index contributed by atoms with van der Waals surface area (Å²) in [6, 6.07) is 5.98. The number of rotatable bonds is 6. The van der Waals surface area contributed by atoms with Gasteiger partial charge in [-0.3, -0.25) is 0 Å². The average Bonchev–Trinajstić information content (AvgIpc) is 3.07. The maximum absolute atomic E-state index is 11.3. The third-order valence-electron chi connectivity index (χ3n) is 3.53. The van der Waals surface area contributed by atoms with E-state index in [9.17, 15) is 10.1 Å². The standard InChI is InChI=1S/C15H16N4O3S/c1-10-3-4-12(22-2)11(9-10)5-6-16-13-14(19(20)21)18-7-8-23-15(18)17-13/h3-4,7-9,16H,5-6H2,1-2H3. The van der Waals surface area contributed by atoms with E-state index in [1.165, 1.54) is 15.7 Å². The lowest BCUT2D eigenvalue weighted by Crippen LogP contribution is -2.08. The van der Waals surface area contributed by atoms with Crippen molar-refractivity contribution in [2.45, 2.75) is 13.3 Å². The Balaban J connectivity index is 1.77. The van der Waals surface area contributed by atoms with E-state index in [4.69, 9.17) is 4.74 Å². The van der Waals surface area contributed by atoms with E-state index in [2.05, 4.69) is 16.4 Å². The van der Waals surface area contributed by atoms with Crippen LogP contribution in [-0.4, -0.2) is 28.0 Å². The van der Waals surface area contributed by atoms with Crippen molar-refractivity contribution in [1.29, 1.82) is 0 Å². The Morgan fingerprint density at radius 3 is 3.04 bits per heavy atom. The second-order valence-electron chi connectivity index (χ2n) is 5.09. The maximum Gasteiger partial charge on any atom is 0.372 e. The molecule has 1 N–H and O–H groups in total. The van der Waals surface area contributed by atoms with Crippen LogP contribution in [0.25, 0.3) is 4.96 Å². The first kappa shape index (κ1) is 15.3. The van der Waals surface area contributed by atoms with Crippen LogP contribution >= 0.6 is 11.3 Å². The van der Waals surface area contributed by atoms with Crippen molar-refractivity contribution in [1.82, 2.24) is 9.38 Å². The van der Waals surface area contributed by atoms with E-state index in [1.54, 1.807) is 18.7 Å². The van der Waals surface area contributed by atoms with Crippen LogP contribution in [0.2, 0.25) is 0 Å². The smallest absolute Gasteiger partial charge is 0.372 e. The molecule has 3 rings (SSSR count). The number of nitrogens with one attached hydrogen (secondary N) is 1. The fourth-order valence-electron chi connectivity index (χ4n) is 2.49. The Labute approximate surface area is 136 Å². The van der Waals surface area contributed by atoms with Crippen molar-refractivity contribution < 1.29 is 9.66 Å². The minimum atomic E-state index is -0.414. The molecule has 23 heavy (non-hydrogen) atoms. The number of aryl methyl sites for hydroxylation is 1. The molecule has 0 bridgehead atoms. The molecule has 2 aromatic heterocycles. The monoisotopic (exact) mass is 332 g/mol. The summed E-state index contributed by atoms with van der Waals surface area (Å²) in [7, 11) is 1.63. The molecule has 0 radical (unpaired) electrons. The van der Waals surface area contributed by atoms with Gasteiger partial charge < -0.3 is 20.2 Å². The van der Waals surface area contributed by atoms with Gasteiger partial charge in [0, 0.05) is 11.9 Å². The van der Waals surface area contributed by atoms with Gasteiger partial charge in [0.05, 0.1) is 7.11 Å². The molecular formula is C15H16N4O3S. The number of hydrogen-bond acceptors (Lipinski definition) is 6. The van der Waals surface area contributed by atoms with Gasteiger partial charge in [-0.15, -0.1) is 0 Å². The summed E-state index contributed by atoms with van der Waals surface area (Å²) >= 11 is 1.36. The van der Waals surface area contributed by atoms with Crippen molar-refractivity contribution in [3.8, 4) is 5.75 Å². The van der Waals surface area contributed by atoms with Crippen LogP contribution in [0.5, 0.6) is 5.75 Å². The van der Waals surface area contributed by atoms with E-state index in [0.29, 0.717) is 23.7 Å². The number of benzene rings is 1. The highest BCUT2D eigenvalue weighted by atomic mass is 32.1. The SMILES string of the molecule is COc1ccc(C)cc1CCNc1nc2sccn2c1[N+](=O)[O-]. The Kier molecular flexibility index (Phi) is 4.16. The number of ether oxygens (including phenoxy) is 1. The third-order valence-corrected chi connectivity index (χ3v) is 4.29.